The first-order valence-electron chi connectivity index (χ1n) is 6.92. The van der Waals surface area contributed by atoms with E-state index in [0.717, 1.165) is 34.0 Å². The van der Waals surface area contributed by atoms with Gasteiger partial charge >= 0.3 is 0 Å². The summed E-state index contributed by atoms with van der Waals surface area (Å²) in [5, 5.41) is 0. The highest BCUT2D eigenvalue weighted by atomic mass is 16.5. The van der Waals surface area contributed by atoms with Crippen LogP contribution in [0.5, 0.6) is 11.5 Å². The van der Waals surface area contributed by atoms with Crippen LogP contribution in [0.4, 0.5) is 5.69 Å². The van der Waals surface area contributed by atoms with Gasteiger partial charge in [-0.2, -0.15) is 0 Å². The zero-order chi connectivity index (χ0) is 14.1. The smallest absolute Gasteiger partial charge is 0.153 e. The summed E-state index contributed by atoms with van der Waals surface area (Å²) >= 11 is 0. The first kappa shape index (κ1) is 11.9. The molecule has 0 saturated carbocycles. The lowest BCUT2D eigenvalue weighted by Gasteiger charge is -2.09. The molecule has 2 nitrogen and oxygen atoms in total. The predicted molar refractivity (Wildman–Crippen MR) is 84.7 cm³/mol. The Morgan fingerprint density at radius 1 is 0.619 bits per heavy atom. The molecule has 21 heavy (non-hydrogen) atoms. The van der Waals surface area contributed by atoms with E-state index in [2.05, 4.69) is 12.1 Å². The van der Waals surface area contributed by atoms with Crippen molar-refractivity contribution in [1.29, 1.82) is 0 Å². The number of benzene rings is 3. The quantitative estimate of drug-likeness (QED) is 0.479. The van der Waals surface area contributed by atoms with Gasteiger partial charge < -0.3 is 4.74 Å². The molecule has 0 saturated heterocycles. The zero-order valence-electron chi connectivity index (χ0n) is 11.4. The molecule has 0 atom stereocenters. The number of para-hydroxylation sites is 3. The summed E-state index contributed by atoms with van der Waals surface area (Å²) in [6, 6.07) is 26.1. The van der Waals surface area contributed by atoms with Crippen molar-refractivity contribution in [2.45, 2.75) is 0 Å². The Hall–Kier alpha value is -2.87. The largest absolute Gasteiger partial charge is 0.454 e. The highest BCUT2D eigenvalue weighted by Gasteiger charge is 2.18. The fourth-order valence-corrected chi connectivity index (χ4v) is 2.50. The Labute approximate surface area is 123 Å². The highest BCUT2D eigenvalue weighted by Crippen LogP contribution is 2.38. The third kappa shape index (κ3) is 2.11. The first-order chi connectivity index (χ1) is 10.4. The van der Waals surface area contributed by atoms with E-state index in [9.17, 15) is 0 Å². The molecular weight excluding hydrogens is 258 g/mol. The van der Waals surface area contributed by atoms with Gasteiger partial charge in [-0.05, 0) is 24.3 Å². The van der Waals surface area contributed by atoms with Gasteiger partial charge in [0.1, 0.15) is 11.4 Å². The molecule has 0 N–H and O–H groups in total. The van der Waals surface area contributed by atoms with Crippen LogP contribution in [0, 0.1) is 0 Å². The van der Waals surface area contributed by atoms with Crippen LogP contribution in [0.25, 0.3) is 0 Å². The zero-order valence-corrected chi connectivity index (χ0v) is 11.4. The van der Waals surface area contributed by atoms with Crippen molar-refractivity contribution in [3.8, 4) is 11.5 Å². The number of nitrogens with zero attached hydrogens (tertiary/aromatic N) is 1. The second-order valence-corrected chi connectivity index (χ2v) is 4.89. The highest BCUT2D eigenvalue weighted by molar-refractivity contribution is 6.16. The number of hydrogen-bond donors (Lipinski definition) is 0. The second-order valence-electron chi connectivity index (χ2n) is 4.89. The SMILES string of the molecule is c1ccc(C2=Nc3ccccc3Oc3ccccc32)cc1. The molecule has 0 bridgehead atoms. The molecule has 0 unspecified atom stereocenters. The van der Waals surface area contributed by atoms with Gasteiger partial charge in [0.15, 0.2) is 5.75 Å². The van der Waals surface area contributed by atoms with Gasteiger partial charge in [-0.3, -0.25) is 0 Å². The van der Waals surface area contributed by atoms with Crippen LogP contribution in [-0.4, -0.2) is 5.71 Å². The van der Waals surface area contributed by atoms with Crippen LogP contribution < -0.4 is 4.74 Å². The van der Waals surface area contributed by atoms with E-state index in [1.165, 1.54) is 0 Å². The molecule has 1 aliphatic heterocycles. The van der Waals surface area contributed by atoms with Crippen molar-refractivity contribution in [3.05, 3.63) is 90.0 Å². The van der Waals surface area contributed by atoms with Crippen molar-refractivity contribution in [2.75, 3.05) is 0 Å². The number of fused-ring (bicyclic) bond motifs is 2. The lowest BCUT2D eigenvalue weighted by atomic mass is 10.0. The standard InChI is InChI=1S/C19H13NO/c1-2-8-14(9-3-1)19-15-10-4-6-12-17(15)21-18-13-7-5-11-16(18)20-19/h1-13H. The Bertz CT molecular complexity index is 822. The van der Waals surface area contributed by atoms with Crippen molar-refractivity contribution >= 4 is 11.4 Å². The van der Waals surface area contributed by atoms with Crippen LogP contribution in [-0.2, 0) is 0 Å². The number of ether oxygens (including phenoxy) is 1. The summed E-state index contributed by atoms with van der Waals surface area (Å²) < 4.78 is 6.04. The summed E-state index contributed by atoms with van der Waals surface area (Å²) in [5.41, 5.74) is 3.90. The third-order valence-electron chi connectivity index (χ3n) is 3.51. The minimum absolute atomic E-state index is 0.788. The fraction of sp³-hybridized carbons (Fsp3) is 0. The first-order valence-corrected chi connectivity index (χ1v) is 6.92. The van der Waals surface area contributed by atoms with E-state index in [4.69, 9.17) is 9.73 Å². The van der Waals surface area contributed by atoms with Gasteiger partial charge in [0.05, 0.1) is 5.71 Å². The molecular formula is C19H13NO. The molecule has 0 spiro atoms. The Balaban J connectivity index is 2.00. The Kier molecular flexibility index (Phi) is 2.79. The van der Waals surface area contributed by atoms with Gasteiger partial charge in [0.2, 0.25) is 0 Å². The van der Waals surface area contributed by atoms with E-state index in [0.29, 0.717) is 0 Å². The monoisotopic (exact) mass is 271 g/mol. The minimum atomic E-state index is 0.788. The summed E-state index contributed by atoms with van der Waals surface area (Å²) in [6.45, 7) is 0. The van der Waals surface area contributed by atoms with Crippen molar-refractivity contribution < 1.29 is 4.74 Å². The average Bonchev–Trinajstić information content (AvgIpc) is 2.72. The second kappa shape index (κ2) is 4.91. The van der Waals surface area contributed by atoms with Crippen LogP contribution in [0.15, 0.2) is 83.9 Å². The molecule has 0 amide bonds. The van der Waals surface area contributed by atoms with Gasteiger partial charge in [-0.15, -0.1) is 0 Å². The lowest BCUT2D eigenvalue weighted by Crippen LogP contribution is -2.03. The van der Waals surface area contributed by atoms with Crippen LogP contribution in [0.2, 0.25) is 0 Å². The van der Waals surface area contributed by atoms with E-state index < -0.39 is 0 Å². The maximum Gasteiger partial charge on any atom is 0.153 e. The summed E-state index contributed by atoms with van der Waals surface area (Å²) in [5.74, 6) is 1.63. The van der Waals surface area contributed by atoms with Crippen LogP contribution >= 0.6 is 0 Å². The van der Waals surface area contributed by atoms with Gasteiger partial charge in [-0.1, -0.05) is 54.6 Å². The normalized spacial score (nSPS) is 12.5. The Morgan fingerprint density at radius 2 is 1.29 bits per heavy atom. The predicted octanol–water partition coefficient (Wildman–Crippen LogP) is 4.96. The van der Waals surface area contributed by atoms with E-state index >= 15 is 0 Å². The van der Waals surface area contributed by atoms with Gasteiger partial charge in [0.25, 0.3) is 0 Å². The lowest BCUT2D eigenvalue weighted by molar-refractivity contribution is 0.485. The average molecular weight is 271 g/mol. The van der Waals surface area contributed by atoms with Crippen LogP contribution in [0.3, 0.4) is 0 Å². The molecule has 0 aromatic heterocycles. The van der Waals surface area contributed by atoms with E-state index in [1.807, 2.05) is 66.7 Å². The van der Waals surface area contributed by atoms with Crippen molar-refractivity contribution in [3.63, 3.8) is 0 Å². The molecule has 0 fully saturated rings. The summed E-state index contributed by atoms with van der Waals surface area (Å²) in [6.07, 6.45) is 0. The number of hydrogen-bond acceptors (Lipinski definition) is 2. The van der Waals surface area contributed by atoms with Crippen molar-refractivity contribution in [2.24, 2.45) is 4.99 Å². The van der Waals surface area contributed by atoms with Crippen molar-refractivity contribution in [1.82, 2.24) is 0 Å². The molecule has 100 valence electrons. The fourth-order valence-electron chi connectivity index (χ4n) is 2.50. The van der Waals surface area contributed by atoms with Gasteiger partial charge in [0, 0.05) is 11.1 Å². The minimum Gasteiger partial charge on any atom is -0.454 e. The molecule has 3 aromatic rings. The van der Waals surface area contributed by atoms with E-state index in [1.54, 1.807) is 0 Å². The third-order valence-corrected chi connectivity index (χ3v) is 3.51. The molecule has 0 aliphatic carbocycles. The van der Waals surface area contributed by atoms with Crippen LogP contribution in [0.1, 0.15) is 11.1 Å². The maximum absolute atomic E-state index is 6.04. The molecule has 1 aliphatic rings. The summed E-state index contributed by atoms with van der Waals surface area (Å²) in [4.78, 5) is 4.84. The van der Waals surface area contributed by atoms with Gasteiger partial charge in [-0.25, -0.2) is 4.99 Å². The summed E-state index contributed by atoms with van der Waals surface area (Å²) in [7, 11) is 0. The molecule has 3 aromatic carbocycles. The maximum atomic E-state index is 6.04. The van der Waals surface area contributed by atoms with E-state index in [-0.39, 0.29) is 0 Å². The molecule has 2 heteroatoms. The number of aliphatic imine (C=N–C) groups is 1. The topological polar surface area (TPSA) is 21.6 Å². The molecule has 4 rings (SSSR count). The molecule has 0 radical (unpaired) electrons. The number of rotatable bonds is 1. The molecule has 1 heterocycles. The Morgan fingerprint density at radius 3 is 2.14 bits per heavy atom.